The molecule has 0 fully saturated rings. The molecule has 0 unspecified atom stereocenters. The van der Waals surface area contributed by atoms with Crippen LogP contribution in [-0.2, 0) is 16.7 Å². The maximum absolute atomic E-state index is 12.2. The zero-order valence-electron chi connectivity index (χ0n) is 16.7. The number of alkyl halides is 9. The maximum atomic E-state index is 12.2. The van der Waals surface area contributed by atoms with Crippen LogP contribution >= 0.6 is 0 Å². The number of aryl methyl sites for hydroxylation is 2. The standard InChI is InChI=1S/C13H22N.C4HF9O3S/c1-12(2)7-4-5-9-14-10-6-8-13(3)11-14;5-1(6,3(9,10)11)2(7,8)4(12,13)17(14,15)16/h6,8,10-12H,4-5,7,9H2,1-3H3;(H,14,15,16)/q+1;/p-1. The SMILES string of the molecule is Cc1ccc[n+](CCCCC(C)C)c1.O=S(=O)([O-])C(F)(F)C(F)(F)C(F)(F)C(F)(F)F. The lowest BCUT2D eigenvalue weighted by molar-refractivity contribution is -0.697. The van der Waals surface area contributed by atoms with Gasteiger partial charge in [-0.1, -0.05) is 20.3 Å². The first-order valence-electron chi connectivity index (χ1n) is 8.79. The van der Waals surface area contributed by atoms with Gasteiger partial charge in [-0.05, 0) is 25.3 Å². The molecule has 1 aromatic rings. The third-order valence-electron chi connectivity index (χ3n) is 3.88. The molecule has 0 amide bonds. The van der Waals surface area contributed by atoms with E-state index in [1.807, 2.05) is 0 Å². The Kier molecular flexibility index (Phi) is 9.84. The molecule has 1 rings (SSSR count). The molecule has 0 saturated carbocycles. The Morgan fingerprint density at radius 3 is 1.87 bits per heavy atom. The van der Waals surface area contributed by atoms with E-state index in [-0.39, 0.29) is 0 Å². The summed E-state index contributed by atoms with van der Waals surface area (Å²) in [6.07, 6.45) is 1.21. The molecule has 1 heterocycles. The Morgan fingerprint density at radius 2 is 1.48 bits per heavy atom. The van der Waals surface area contributed by atoms with Crippen LogP contribution in [0, 0.1) is 12.8 Å². The molecule has 0 aromatic carbocycles. The summed E-state index contributed by atoms with van der Waals surface area (Å²) in [5, 5.41) is -7.11. The van der Waals surface area contributed by atoms with Crippen LogP contribution in [0.15, 0.2) is 24.5 Å². The summed E-state index contributed by atoms with van der Waals surface area (Å²) >= 11 is 0. The van der Waals surface area contributed by atoms with Gasteiger partial charge in [0, 0.05) is 18.1 Å². The van der Waals surface area contributed by atoms with Gasteiger partial charge in [0.15, 0.2) is 22.5 Å². The predicted molar refractivity (Wildman–Crippen MR) is 90.7 cm³/mol. The van der Waals surface area contributed by atoms with Crippen molar-refractivity contribution in [2.24, 2.45) is 5.92 Å². The van der Waals surface area contributed by atoms with Gasteiger partial charge in [-0.3, -0.25) is 0 Å². The zero-order chi connectivity index (χ0) is 24.9. The quantitative estimate of drug-likeness (QED) is 0.221. The highest BCUT2D eigenvalue weighted by Gasteiger charge is 2.83. The van der Waals surface area contributed by atoms with E-state index in [1.54, 1.807) is 0 Å². The van der Waals surface area contributed by atoms with Crippen LogP contribution in [0.25, 0.3) is 0 Å². The van der Waals surface area contributed by atoms with Crippen LogP contribution in [0.2, 0.25) is 0 Å². The van der Waals surface area contributed by atoms with Crippen molar-refractivity contribution in [3.8, 4) is 0 Å². The third-order valence-corrected chi connectivity index (χ3v) is 4.77. The molecule has 0 aliphatic heterocycles. The summed E-state index contributed by atoms with van der Waals surface area (Å²) in [5.74, 6) is -14.0. The van der Waals surface area contributed by atoms with Crippen LogP contribution in [0.3, 0.4) is 0 Å². The van der Waals surface area contributed by atoms with Crippen molar-refractivity contribution in [3.63, 3.8) is 0 Å². The van der Waals surface area contributed by atoms with Crippen molar-refractivity contribution < 1.29 is 57.1 Å². The van der Waals surface area contributed by atoms with E-state index < -0.39 is 33.4 Å². The topological polar surface area (TPSA) is 61.1 Å². The Balaban J connectivity index is 0.000000590. The number of halogens is 9. The first kappa shape index (κ1) is 29.4. The summed E-state index contributed by atoms with van der Waals surface area (Å²) < 4.78 is 138. The first-order chi connectivity index (χ1) is 13.7. The van der Waals surface area contributed by atoms with Crippen LogP contribution in [-0.4, -0.2) is 36.2 Å². The van der Waals surface area contributed by atoms with E-state index in [2.05, 4.69) is 49.9 Å². The largest absolute Gasteiger partial charge is 0.743 e. The number of unbranched alkanes of at least 4 members (excludes halogenated alkanes) is 1. The van der Waals surface area contributed by atoms with E-state index in [9.17, 15) is 52.5 Å². The molecular weight excluding hydrogens is 469 g/mol. The van der Waals surface area contributed by atoms with Gasteiger partial charge in [-0.25, -0.2) is 13.0 Å². The highest BCUT2D eigenvalue weighted by molar-refractivity contribution is 7.86. The molecular formula is C17H22F9NO3S. The lowest BCUT2D eigenvalue weighted by Crippen LogP contribution is -2.63. The summed E-state index contributed by atoms with van der Waals surface area (Å²) in [7, 11) is -7.42. The molecule has 182 valence electrons. The minimum atomic E-state index is -7.43. The van der Waals surface area contributed by atoms with E-state index >= 15 is 0 Å². The Morgan fingerprint density at radius 1 is 0.968 bits per heavy atom. The molecule has 0 saturated heterocycles. The van der Waals surface area contributed by atoms with Crippen molar-refractivity contribution in [1.29, 1.82) is 0 Å². The fourth-order valence-corrected chi connectivity index (χ4v) is 2.60. The van der Waals surface area contributed by atoms with Gasteiger partial charge in [-0.15, -0.1) is 0 Å². The van der Waals surface area contributed by atoms with Gasteiger partial charge >= 0.3 is 23.3 Å². The first-order valence-corrected chi connectivity index (χ1v) is 10.2. The smallest absolute Gasteiger partial charge is 0.460 e. The Bertz CT molecular complexity index is 809. The molecule has 0 atom stereocenters. The van der Waals surface area contributed by atoms with Crippen molar-refractivity contribution in [2.75, 3.05) is 0 Å². The molecule has 0 N–H and O–H groups in total. The molecule has 0 aliphatic rings. The molecule has 1 aromatic heterocycles. The molecule has 31 heavy (non-hydrogen) atoms. The second kappa shape index (κ2) is 10.4. The second-order valence-electron chi connectivity index (χ2n) is 7.13. The van der Waals surface area contributed by atoms with Gasteiger partial charge in [0.1, 0.15) is 6.54 Å². The average molecular weight is 491 g/mol. The number of aromatic nitrogens is 1. The summed E-state index contributed by atoms with van der Waals surface area (Å²) in [6, 6.07) is 4.27. The van der Waals surface area contributed by atoms with Gasteiger partial charge in [0.25, 0.3) is 0 Å². The van der Waals surface area contributed by atoms with Crippen LogP contribution in [0.4, 0.5) is 39.5 Å². The second-order valence-corrected chi connectivity index (χ2v) is 8.55. The number of hydrogen-bond donors (Lipinski definition) is 0. The zero-order valence-corrected chi connectivity index (χ0v) is 17.5. The lowest BCUT2D eigenvalue weighted by Gasteiger charge is -2.34. The molecule has 0 radical (unpaired) electrons. The summed E-state index contributed by atoms with van der Waals surface area (Å²) in [5.41, 5.74) is 1.34. The van der Waals surface area contributed by atoms with E-state index in [0.717, 1.165) is 12.5 Å². The van der Waals surface area contributed by atoms with E-state index in [0.29, 0.717) is 0 Å². The molecule has 4 nitrogen and oxygen atoms in total. The number of hydrogen-bond acceptors (Lipinski definition) is 3. The fraction of sp³-hybridized carbons (Fsp3) is 0.706. The normalized spacial score (nSPS) is 13.7. The van der Waals surface area contributed by atoms with Crippen molar-refractivity contribution in [2.45, 2.75) is 69.9 Å². The minimum absolute atomic E-state index is 0.845. The maximum Gasteiger partial charge on any atom is 0.460 e. The van der Waals surface area contributed by atoms with Gasteiger partial charge < -0.3 is 4.55 Å². The minimum Gasteiger partial charge on any atom is -0.743 e. The van der Waals surface area contributed by atoms with Gasteiger partial charge in [-0.2, -0.15) is 39.5 Å². The highest BCUT2D eigenvalue weighted by atomic mass is 32.2. The van der Waals surface area contributed by atoms with Gasteiger partial charge in [0.2, 0.25) is 0 Å². The highest BCUT2D eigenvalue weighted by Crippen LogP contribution is 2.54. The van der Waals surface area contributed by atoms with Crippen molar-refractivity contribution in [3.05, 3.63) is 30.1 Å². The lowest BCUT2D eigenvalue weighted by atomic mass is 10.1. The molecule has 14 heteroatoms. The fourth-order valence-electron chi connectivity index (χ4n) is 2.16. The van der Waals surface area contributed by atoms with Gasteiger partial charge in [0.05, 0.1) is 0 Å². The van der Waals surface area contributed by atoms with Crippen LogP contribution < -0.4 is 4.57 Å². The monoisotopic (exact) mass is 491 g/mol. The third kappa shape index (κ3) is 7.51. The average Bonchev–Trinajstić information content (AvgIpc) is 2.57. The van der Waals surface area contributed by atoms with Crippen molar-refractivity contribution >= 4 is 10.1 Å². The predicted octanol–water partition coefficient (Wildman–Crippen LogP) is 5.07. The Hall–Kier alpha value is -1.57. The molecule has 0 bridgehead atoms. The van der Waals surface area contributed by atoms with Crippen molar-refractivity contribution in [1.82, 2.24) is 0 Å². The van der Waals surface area contributed by atoms with Crippen LogP contribution in [0.1, 0.15) is 38.7 Å². The summed E-state index contributed by atoms with van der Waals surface area (Å²) in [6.45, 7) is 7.89. The summed E-state index contributed by atoms with van der Waals surface area (Å²) in [4.78, 5) is 0. The van der Waals surface area contributed by atoms with Crippen LogP contribution in [0.5, 0.6) is 0 Å². The Labute approximate surface area is 173 Å². The van der Waals surface area contributed by atoms with E-state index in [1.165, 1.54) is 24.8 Å². The number of pyridine rings is 1. The molecule has 0 aliphatic carbocycles. The molecule has 0 spiro atoms. The van der Waals surface area contributed by atoms with E-state index in [4.69, 9.17) is 0 Å². The number of rotatable bonds is 8. The number of nitrogens with zero attached hydrogens (tertiary/aromatic N) is 1.